The largest absolute Gasteiger partial charge is 0.396 e. The van der Waals surface area contributed by atoms with Crippen molar-refractivity contribution in [1.29, 1.82) is 0 Å². The zero-order chi connectivity index (χ0) is 13.5. The molecule has 1 aromatic rings. The number of aliphatic hydroxyl groups is 1. The quantitative estimate of drug-likeness (QED) is 0.277. The molecule has 7 nitrogen and oxygen atoms in total. The van der Waals surface area contributed by atoms with Crippen LogP contribution in [0.15, 0.2) is 23.3 Å². The molecular formula is C10H11FN4O3. The molecule has 1 rings (SSSR count). The number of aliphatic hydroxyl groups excluding tert-OH is 1. The van der Waals surface area contributed by atoms with Gasteiger partial charge in [0.2, 0.25) is 5.82 Å². The van der Waals surface area contributed by atoms with Crippen molar-refractivity contribution in [2.75, 3.05) is 6.61 Å². The molecule has 0 fully saturated rings. The molecule has 18 heavy (non-hydrogen) atoms. The maximum absolute atomic E-state index is 13.1. The Kier molecular flexibility index (Phi) is 5.04. The van der Waals surface area contributed by atoms with E-state index in [-0.39, 0.29) is 6.61 Å². The minimum atomic E-state index is -0.939. The molecule has 1 aromatic carbocycles. The van der Waals surface area contributed by atoms with Crippen molar-refractivity contribution in [3.8, 4) is 0 Å². The Labute approximate surface area is 102 Å². The molecule has 0 amide bonds. The van der Waals surface area contributed by atoms with Gasteiger partial charge in [0.15, 0.2) is 0 Å². The van der Waals surface area contributed by atoms with Gasteiger partial charge in [-0.2, -0.15) is 4.39 Å². The lowest BCUT2D eigenvalue weighted by Crippen LogP contribution is -2.00. The number of nitro groups is 1. The smallest absolute Gasteiger partial charge is 0.305 e. The molecule has 8 heteroatoms. The van der Waals surface area contributed by atoms with Gasteiger partial charge in [-0.3, -0.25) is 10.1 Å². The zero-order valence-electron chi connectivity index (χ0n) is 9.36. The maximum Gasteiger partial charge on any atom is 0.305 e. The number of rotatable bonds is 6. The third kappa shape index (κ3) is 3.41. The summed E-state index contributed by atoms with van der Waals surface area (Å²) in [6.07, 6.45) is 0.720. The summed E-state index contributed by atoms with van der Waals surface area (Å²) in [6, 6.07) is 2.69. The lowest BCUT2D eigenvalue weighted by molar-refractivity contribution is -0.387. The van der Waals surface area contributed by atoms with Crippen LogP contribution in [0.25, 0.3) is 10.4 Å². The minimum absolute atomic E-state index is 0.0826. The van der Waals surface area contributed by atoms with E-state index < -0.39 is 22.5 Å². The van der Waals surface area contributed by atoms with E-state index in [0.29, 0.717) is 18.4 Å². The molecule has 0 bridgehead atoms. The Morgan fingerprint density at radius 3 is 2.89 bits per heavy atom. The van der Waals surface area contributed by atoms with E-state index in [9.17, 15) is 14.5 Å². The summed E-state index contributed by atoms with van der Waals surface area (Å²) >= 11 is 0. The Hall–Kier alpha value is -2.18. The van der Waals surface area contributed by atoms with Gasteiger partial charge in [-0.1, -0.05) is 11.2 Å². The predicted octanol–water partition coefficient (Wildman–Crippen LogP) is 2.86. The summed E-state index contributed by atoms with van der Waals surface area (Å²) in [5, 5.41) is 22.8. The topological polar surface area (TPSA) is 112 Å². The fraction of sp³-hybridized carbons (Fsp3) is 0.400. The normalized spacial score (nSPS) is 11.7. The molecule has 0 saturated heterocycles. The third-order valence-electron chi connectivity index (χ3n) is 2.38. The number of benzene rings is 1. The maximum atomic E-state index is 13.1. The summed E-state index contributed by atoms with van der Waals surface area (Å²) in [4.78, 5) is 12.4. The van der Waals surface area contributed by atoms with Crippen LogP contribution >= 0.6 is 0 Å². The first-order valence-electron chi connectivity index (χ1n) is 5.19. The highest BCUT2D eigenvalue weighted by atomic mass is 19.1. The molecule has 0 spiro atoms. The molecule has 96 valence electrons. The van der Waals surface area contributed by atoms with Gasteiger partial charge in [-0.25, -0.2) is 0 Å². The fourth-order valence-electron chi connectivity index (χ4n) is 1.51. The van der Waals surface area contributed by atoms with Gasteiger partial charge in [-0.05, 0) is 30.0 Å². The predicted molar refractivity (Wildman–Crippen MR) is 61.3 cm³/mol. The molecule has 0 radical (unpaired) electrons. The second-order valence-electron chi connectivity index (χ2n) is 3.55. The number of hydrogen-bond acceptors (Lipinski definition) is 4. The van der Waals surface area contributed by atoms with E-state index in [4.69, 9.17) is 10.6 Å². The average molecular weight is 254 g/mol. The third-order valence-corrected chi connectivity index (χ3v) is 2.38. The summed E-state index contributed by atoms with van der Waals surface area (Å²) < 4.78 is 13.1. The summed E-state index contributed by atoms with van der Waals surface area (Å²) in [6.45, 7) is -0.0826. The Bertz CT molecular complexity index is 488. The van der Waals surface area contributed by atoms with Crippen molar-refractivity contribution in [3.63, 3.8) is 0 Å². The fourth-order valence-corrected chi connectivity index (χ4v) is 1.51. The van der Waals surface area contributed by atoms with Gasteiger partial charge in [0.25, 0.3) is 0 Å². The Balaban J connectivity index is 3.08. The van der Waals surface area contributed by atoms with Crippen LogP contribution in [-0.4, -0.2) is 16.6 Å². The standard InChI is InChI=1S/C10H11FN4O3/c11-8-4-3-7(6-10(8)15(17)18)9(13-14-12)2-1-5-16/h3-4,6,9,16H,1-2,5H2. The van der Waals surface area contributed by atoms with Crippen LogP contribution in [0.3, 0.4) is 0 Å². The van der Waals surface area contributed by atoms with Crippen LogP contribution < -0.4 is 0 Å². The monoisotopic (exact) mass is 254 g/mol. The molecule has 0 aliphatic carbocycles. The number of halogens is 1. The van der Waals surface area contributed by atoms with Crippen molar-refractivity contribution < 1.29 is 14.4 Å². The molecule has 1 unspecified atom stereocenters. The van der Waals surface area contributed by atoms with Gasteiger partial charge in [0.05, 0.1) is 11.0 Å². The van der Waals surface area contributed by atoms with E-state index >= 15 is 0 Å². The van der Waals surface area contributed by atoms with Gasteiger partial charge < -0.3 is 5.11 Å². The van der Waals surface area contributed by atoms with Crippen molar-refractivity contribution >= 4 is 5.69 Å². The number of nitrogens with zero attached hydrogens (tertiary/aromatic N) is 4. The lowest BCUT2D eigenvalue weighted by atomic mass is 10.0. The molecule has 1 N–H and O–H groups in total. The minimum Gasteiger partial charge on any atom is -0.396 e. The van der Waals surface area contributed by atoms with Crippen LogP contribution in [0.5, 0.6) is 0 Å². The van der Waals surface area contributed by atoms with Crippen LogP contribution in [-0.2, 0) is 0 Å². The van der Waals surface area contributed by atoms with Crippen molar-refractivity contribution in [2.24, 2.45) is 5.11 Å². The molecule has 1 atom stereocenters. The highest BCUT2D eigenvalue weighted by molar-refractivity contribution is 5.37. The average Bonchev–Trinajstić information content (AvgIpc) is 2.35. The molecule has 0 aliphatic heterocycles. The van der Waals surface area contributed by atoms with Gasteiger partial charge >= 0.3 is 5.69 Å². The Morgan fingerprint density at radius 2 is 2.33 bits per heavy atom. The summed E-state index contributed by atoms with van der Waals surface area (Å²) in [5.74, 6) is -0.939. The van der Waals surface area contributed by atoms with E-state index in [1.165, 1.54) is 6.07 Å². The molecule has 0 saturated carbocycles. The van der Waals surface area contributed by atoms with Gasteiger partial charge in [0, 0.05) is 17.6 Å². The van der Waals surface area contributed by atoms with Gasteiger partial charge in [0.1, 0.15) is 0 Å². The van der Waals surface area contributed by atoms with Gasteiger partial charge in [-0.15, -0.1) is 0 Å². The summed E-state index contributed by atoms with van der Waals surface area (Å²) in [7, 11) is 0. The first-order chi connectivity index (χ1) is 8.60. The number of nitro benzene ring substituents is 1. The van der Waals surface area contributed by atoms with E-state index in [1.807, 2.05) is 0 Å². The van der Waals surface area contributed by atoms with E-state index in [0.717, 1.165) is 12.1 Å². The van der Waals surface area contributed by atoms with Crippen LogP contribution in [0.1, 0.15) is 24.4 Å². The van der Waals surface area contributed by atoms with E-state index in [1.54, 1.807) is 0 Å². The van der Waals surface area contributed by atoms with Crippen LogP contribution in [0, 0.1) is 15.9 Å². The number of azide groups is 1. The van der Waals surface area contributed by atoms with Crippen LogP contribution in [0.2, 0.25) is 0 Å². The molecule has 0 aliphatic rings. The van der Waals surface area contributed by atoms with Crippen molar-refractivity contribution in [1.82, 2.24) is 0 Å². The highest BCUT2D eigenvalue weighted by Gasteiger charge is 2.18. The molecular weight excluding hydrogens is 243 g/mol. The second kappa shape index (κ2) is 6.53. The second-order valence-corrected chi connectivity index (χ2v) is 3.55. The van der Waals surface area contributed by atoms with Crippen molar-refractivity contribution in [3.05, 3.63) is 50.1 Å². The number of hydrogen-bond donors (Lipinski definition) is 1. The summed E-state index contributed by atoms with van der Waals surface area (Å²) in [5.41, 5.74) is 8.12. The lowest BCUT2D eigenvalue weighted by Gasteiger charge is -2.10. The van der Waals surface area contributed by atoms with Crippen molar-refractivity contribution in [2.45, 2.75) is 18.9 Å². The first-order valence-corrected chi connectivity index (χ1v) is 5.19. The Morgan fingerprint density at radius 1 is 1.61 bits per heavy atom. The van der Waals surface area contributed by atoms with Crippen LogP contribution in [0.4, 0.5) is 10.1 Å². The first kappa shape index (κ1) is 13.9. The molecule has 0 aromatic heterocycles. The molecule has 0 heterocycles. The zero-order valence-corrected chi connectivity index (χ0v) is 9.36. The SMILES string of the molecule is [N-]=[N+]=NC(CCCO)c1ccc(F)c([N+](=O)[O-])c1. The van der Waals surface area contributed by atoms with E-state index in [2.05, 4.69) is 10.0 Å². The highest BCUT2D eigenvalue weighted by Crippen LogP contribution is 2.27.